The first-order chi connectivity index (χ1) is 12.4. The van der Waals surface area contributed by atoms with Gasteiger partial charge in [-0.25, -0.2) is 9.48 Å². The summed E-state index contributed by atoms with van der Waals surface area (Å²) < 4.78 is 11.3. The topological polar surface area (TPSA) is 99.5 Å². The molecule has 8 heteroatoms. The molecule has 1 N–H and O–H groups in total. The lowest BCUT2D eigenvalue weighted by Crippen LogP contribution is -2.65. The van der Waals surface area contributed by atoms with Gasteiger partial charge in [-0.2, -0.15) is 5.10 Å². The molecule has 1 fully saturated rings. The minimum atomic E-state index is -1.07. The van der Waals surface area contributed by atoms with E-state index in [9.17, 15) is 14.4 Å². The van der Waals surface area contributed by atoms with Gasteiger partial charge in [0, 0.05) is 32.4 Å². The van der Waals surface area contributed by atoms with E-state index in [1.165, 1.54) is 11.8 Å². The Morgan fingerprint density at radius 3 is 2.54 bits per heavy atom. The van der Waals surface area contributed by atoms with Gasteiger partial charge in [0.1, 0.15) is 5.54 Å². The summed E-state index contributed by atoms with van der Waals surface area (Å²) in [6.07, 6.45) is 0.587. The van der Waals surface area contributed by atoms with Crippen molar-refractivity contribution in [2.75, 3.05) is 14.2 Å². The Morgan fingerprint density at radius 2 is 1.92 bits per heavy atom. The van der Waals surface area contributed by atoms with Crippen LogP contribution in [0.15, 0.2) is 29.1 Å². The standard InChI is InChI=1S/C18H21N3O5/c1-21-16(23)13-7-5-4-6-12(13)14(20-21)8-15(22)19-18(17(24)26-3)9-11(10-18)25-2/h4-7,11H,8-10H2,1-3H3,(H,19,22). The van der Waals surface area contributed by atoms with E-state index in [1.54, 1.807) is 38.4 Å². The van der Waals surface area contributed by atoms with Crippen LogP contribution in [-0.2, 0) is 32.5 Å². The first-order valence-corrected chi connectivity index (χ1v) is 8.27. The number of esters is 1. The third-order valence-corrected chi connectivity index (χ3v) is 4.80. The first kappa shape index (κ1) is 18.1. The number of ether oxygens (including phenoxy) is 2. The van der Waals surface area contributed by atoms with E-state index in [2.05, 4.69) is 10.4 Å². The number of hydrogen-bond donors (Lipinski definition) is 1. The van der Waals surface area contributed by atoms with Crippen molar-refractivity contribution in [2.24, 2.45) is 7.05 Å². The molecule has 0 radical (unpaired) electrons. The molecule has 26 heavy (non-hydrogen) atoms. The van der Waals surface area contributed by atoms with Crippen molar-refractivity contribution in [3.63, 3.8) is 0 Å². The van der Waals surface area contributed by atoms with Crippen LogP contribution in [0.5, 0.6) is 0 Å². The van der Waals surface area contributed by atoms with E-state index >= 15 is 0 Å². The highest BCUT2D eigenvalue weighted by molar-refractivity contribution is 5.92. The van der Waals surface area contributed by atoms with Crippen molar-refractivity contribution in [3.8, 4) is 0 Å². The molecule has 0 bridgehead atoms. The van der Waals surface area contributed by atoms with Gasteiger partial charge in [-0.05, 0) is 6.07 Å². The quantitative estimate of drug-likeness (QED) is 0.772. The Bertz CT molecular complexity index is 915. The molecule has 0 aliphatic heterocycles. The van der Waals surface area contributed by atoms with Crippen LogP contribution in [0.3, 0.4) is 0 Å². The minimum absolute atomic E-state index is 0.0506. The molecule has 1 aliphatic rings. The number of amides is 1. The van der Waals surface area contributed by atoms with Crippen molar-refractivity contribution < 1.29 is 19.1 Å². The number of nitrogens with one attached hydrogen (secondary N) is 1. The van der Waals surface area contributed by atoms with Crippen molar-refractivity contribution in [1.29, 1.82) is 0 Å². The molecule has 8 nitrogen and oxygen atoms in total. The molecule has 138 valence electrons. The highest BCUT2D eigenvalue weighted by Crippen LogP contribution is 2.35. The predicted octanol–water partition coefficient (Wildman–Crippen LogP) is 0.313. The Kier molecular flexibility index (Phi) is 4.78. The smallest absolute Gasteiger partial charge is 0.331 e. The van der Waals surface area contributed by atoms with Crippen LogP contribution < -0.4 is 10.9 Å². The number of hydrogen-bond acceptors (Lipinski definition) is 6. The van der Waals surface area contributed by atoms with Gasteiger partial charge in [-0.1, -0.05) is 18.2 Å². The Labute approximate surface area is 150 Å². The van der Waals surface area contributed by atoms with Crippen molar-refractivity contribution in [3.05, 3.63) is 40.3 Å². The summed E-state index contributed by atoms with van der Waals surface area (Å²) in [6, 6.07) is 7.01. The van der Waals surface area contributed by atoms with Crippen LogP contribution in [0.2, 0.25) is 0 Å². The van der Waals surface area contributed by atoms with Crippen LogP contribution in [0.25, 0.3) is 10.8 Å². The van der Waals surface area contributed by atoms with Gasteiger partial charge < -0.3 is 14.8 Å². The van der Waals surface area contributed by atoms with Crippen LogP contribution in [0.4, 0.5) is 0 Å². The van der Waals surface area contributed by atoms with Crippen LogP contribution in [-0.4, -0.2) is 47.5 Å². The lowest BCUT2D eigenvalue weighted by Gasteiger charge is -2.44. The highest BCUT2D eigenvalue weighted by atomic mass is 16.5. The molecule has 2 aromatic rings. The average molecular weight is 359 g/mol. The zero-order chi connectivity index (χ0) is 18.9. The summed E-state index contributed by atoms with van der Waals surface area (Å²) >= 11 is 0. The summed E-state index contributed by atoms with van der Waals surface area (Å²) in [7, 11) is 4.40. The second kappa shape index (κ2) is 6.87. The maximum absolute atomic E-state index is 12.6. The Hall–Kier alpha value is -2.74. The first-order valence-electron chi connectivity index (χ1n) is 8.27. The number of fused-ring (bicyclic) bond motifs is 1. The van der Waals surface area contributed by atoms with E-state index in [1.807, 2.05) is 0 Å². The molecule has 0 saturated heterocycles. The van der Waals surface area contributed by atoms with Crippen molar-refractivity contribution in [2.45, 2.75) is 30.9 Å². The second-order valence-corrected chi connectivity index (χ2v) is 6.49. The summed E-state index contributed by atoms with van der Waals surface area (Å²) in [5.41, 5.74) is -0.816. The van der Waals surface area contributed by atoms with Gasteiger partial charge in [0.2, 0.25) is 5.91 Å². The number of rotatable bonds is 5. The third kappa shape index (κ3) is 3.08. The number of aromatic nitrogens is 2. The molecule has 0 atom stereocenters. The van der Waals surface area contributed by atoms with Gasteiger partial charge in [-0.3, -0.25) is 9.59 Å². The monoisotopic (exact) mass is 359 g/mol. The summed E-state index contributed by atoms with van der Waals surface area (Å²) in [5.74, 6) is -0.848. The number of carbonyl (C=O) groups is 2. The van der Waals surface area contributed by atoms with E-state index in [0.29, 0.717) is 29.3 Å². The number of carbonyl (C=O) groups excluding carboxylic acids is 2. The SMILES string of the molecule is COC(=O)C1(NC(=O)Cc2nn(C)c(=O)c3ccccc23)CC(OC)C1. The Balaban J connectivity index is 1.84. The van der Waals surface area contributed by atoms with Gasteiger partial charge in [0.25, 0.3) is 5.56 Å². The van der Waals surface area contributed by atoms with E-state index in [4.69, 9.17) is 9.47 Å². The molecular formula is C18H21N3O5. The molecule has 0 unspecified atom stereocenters. The zero-order valence-electron chi connectivity index (χ0n) is 14.9. The van der Waals surface area contributed by atoms with E-state index in [0.717, 1.165) is 0 Å². The molecule has 1 aromatic heterocycles. The maximum atomic E-state index is 12.6. The molecule has 0 spiro atoms. The second-order valence-electron chi connectivity index (χ2n) is 6.49. The normalized spacial score (nSPS) is 21.9. The van der Waals surface area contributed by atoms with Crippen LogP contribution >= 0.6 is 0 Å². The fourth-order valence-electron chi connectivity index (χ4n) is 3.37. The maximum Gasteiger partial charge on any atom is 0.331 e. The molecular weight excluding hydrogens is 338 g/mol. The number of benzene rings is 1. The average Bonchev–Trinajstić information content (AvgIpc) is 2.61. The summed E-state index contributed by atoms with van der Waals surface area (Å²) in [6.45, 7) is 0. The van der Waals surface area contributed by atoms with E-state index < -0.39 is 11.5 Å². The lowest BCUT2D eigenvalue weighted by atomic mass is 9.74. The summed E-state index contributed by atoms with van der Waals surface area (Å²) in [5, 5.41) is 8.11. The Morgan fingerprint density at radius 1 is 1.27 bits per heavy atom. The third-order valence-electron chi connectivity index (χ3n) is 4.80. The zero-order valence-corrected chi connectivity index (χ0v) is 14.9. The van der Waals surface area contributed by atoms with Crippen molar-refractivity contribution in [1.82, 2.24) is 15.1 Å². The number of nitrogens with zero attached hydrogens (tertiary/aromatic N) is 2. The fraction of sp³-hybridized carbons (Fsp3) is 0.444. The summed E-state index contributed by atoms with van der Waals surface area (Å²) in [4.78, 5) is 36.9. The molecule has 1 amide bonds. The van der Waals surface area contributed by atoms with Gasteiger partial charge in [0.15, 0.2) is 0 Å². The molecule has 1 aromatic carbocycles. The van der Waals surface area contributed by atoms with E-state index in [-0.39, 0.29) is 24.0 Å². The molecule has 1 heterocycles. The highest BCUT2D eigenvalue weighted by Gasteiger charge is 2.52. The fourth-order valence-corrected chi connectivity index (χ4v) is 3.37. The van der Waals surface area contributed by atoms with Gasteiger partial charge in [-0.15, -0.1) is 0 Å². The largest absolute Gasteiger partial charge is 0.467 e. The molecule has 1 aliphatic carbocycles. The number of aryl methyl sites for hydroxylation is 1. The van der Waals surface area contributed by atoms with Crippen molar-refractivity contribution >= 4 is 22.6 Å². The predicted molar refractivity (Wildman–Crippen MR) is 93.6 cm³/mol. The molecule has 1 saturated carbocycles. The van der Waals surface area contributed by atoms with Crippen LogP contribution in [0, 0.1) is 0 Å². The minimum Gasteiger partial charge on any atom is -0.467 e. The number of methoxy groups -OCH3 is 2. The van der Waals surface area contributed by atoms with Gasteiger partial charge >= 0.3 is 5.97 Å². The lowest BCUT2D eigenvalue weighted by molar-refractivity contribution is -0.162. The molecule has 3 rings (SSSR count). The van der Waals surface area contributed by atoms with Gasteiger partial charge in [0.05, 0.1) is 30.7 Å². The van der Waals surface area contributed by atoms with Crippen LogP contribution in [0.1, 0.15) is 18.5 Å².